The smallest absolute Gasteiger partial charge is 0.339 e. The van der Waals surface area contributed by atoms with Crippen LogP contribution in [0, 0.1) is 5.82 Å². The average Bonchev–Trinajstić information content (AvgIpc) is 2.56. The molecular formula is C16H11ClF3NO3S. The summed E-state index contributed by atoms with van der Waals surface area (Å²) in [6.07, 6.45) is 0. The lowest BCUT2D eigenvalue weighted by atomic mass is 10.2. The molecule has 0 bridgehead atoms. The van der Waals surface area contributed by atoms with E-state index < -0.39 is 30.1 Å². The molecule has 9 heteroatoms. The van der Waals surface area contributed by atoms with Gasteiger partial charge in [-0.15, -0.1) is 0 Å². The van der Waals surface area contributed by atoms with Gasteiger partial charge in [-0.2, -0.15) is 8.78 Å². The van der Waals surface area contributed by atoms with E-state index in [4.69, 9.17) is 16.3 Å². The van der Waals surface area contributed by atoms with Crippen LogP contribution in [0.25, 0.3) is 0 Å². The van der Waals surface area contributed by atoms with Gasteiger partial charge in [0, 0.05) is 9.92 Å². The zero-order valence-corrected chi connectivity index (χ0v) is 14.0. The van der Waals surface area contributed by atoms with E-state index in [1.165, 1.54) is 36.4 Å². The molecule has 25 heavy (non-hydrogen) atoms. The molecule has 0 radical (unpaired) electrons. The van der Waals surface area contributed by atoms with Gasteiger partial charge in [-0.05, 0) is 30.3 Å². The number of hydrogen-bond acceptors (Lipinski definition) is 4. The molecule has 0 aromatic heterocycles. The highest BCUT2D eigenvalue weighted by atomic mass is 35.5. The maximum Gasteiger partial charge on any atom is 0.339 e. The maximum atomic E-state index is 13.5. The van der Waals surface area contributed by atoms with Crippen LogP contribution in [-0.2, 0) is 9.53 Å². The van der Waals surface area contributed by atoms with Crippen LogP contribution in [0.2, 0.25) is 5.02 Å². The van der Waals surface area contributed by atoms with Gasteiger partial charge in [0.1, 0.15) is 5.82 Å². The molecule has 1 amide bonds. The van der Waals surface area contributed by atoms with E-state index in [1.54, 1.807) is 0 Å². The zero-order valence-electron chi connectivity index (χ0n) is 12.5. The fourth-order valence-corrected chi connectivity index (χ4v) is 2.62. The quantitative estimate of drug-likeness (QED) is 0.580. The SMILES string of the molecule is O=C(COC(=O)c1ccccc1SC(F)F)Nc1cc(Cl)ccc1F. The number of nitrogens with one attached hydrogen (secondary N) is 1. The third kappa shape index (κ3) is 5.68. The van der Waals surface area contributed by atoms with Crippen molar-refractivity contribution in [1.29, 1.82) is 0 Å². The number of hydrogen-bond donors (Lipinski definition) is 1. The van der Waals surface area contributed by atoms with Gasteiger partial charge in [0.2, 0.25) is 0 Å². The number of halogens is 4. The number of ether oxygens (including phenoxy) is 1. The lowest BCUT2D eigenvalue weighted by Gasteiger charge is -2.10. The Labute approximate surface area is 150 Å². The Kier molecular flexibility index (Phi) is 6.72. The third-order valence-electron chi connectivity index (χ3n) is 2.86. The van der Waals surface area contributed by atoms with Crippen LogP contribution in [0.5, 0.6) is 0 Å². The molecule has 1 N–H and O–H groups in total. The first kappa shape index (κ1) is 19.1. The number of carbonyl (C=O) groups is 2. The average molecular weight is 390 g/mol. The van der Waals surface area contributed by atoms with Gasteiger partial charge in [-0.25, -0.2) is 9.18 Å². The van der Waals surface area contributed by atoms with E-state index in [2.05, 4.69) is 5.32 Å². The van der Waals surface area contributed by atoms with Gasteiger partial charge < -0.3 is 10.1 Å². The fraction of sp³-hybridized carbons (Fsp3) is 0.125. The number of thioether (sulfide) groups is 1. The van der Waals surface area contributed by atoms with E-state index in [0.717, 1.165) is 6.07 Å². The van der Waals surface area contributed by atoms with Gasteiger partial charge in [-0.1, -0.05) is 35.5 Å². The Morgan fingerprint density at radius 3 is 2.64 bits per heavy atom. The predicted octanol–water partition coefficient (Wildman–Crippen LogP) is 4.59. The van der Waals surface area contributed by atoms with Crippen LogP contribution in [-0.4, -0.2) is 24.2 Å². The molecule has 0 spiro atoms. The lowest BCUT2D eigenvalue weighted by molar-refractivity contribution is -0.119. The van der Waals surface area contributed by atoms with Gasteiger partial charge >= 0.3 is 5.97 Å². The predicted molar refractivity (Wildman–Crippen MR) is 88.6 cm³/mol. The summed E-state index contributed by atoms with van der Waals surface area (Å²) in [5.41, 5.74) is -0.253. The van der Waals surface area contributed by atoms with Crippen molar-refractivity contribution in [3.05, 3.63) is 58.9 Å². The van der Waals surface area contributed by atoms with Crippen molar-refractivity contribution in [3.8, 4) is 0 Å². The minimum absolute atomic E-state index is 0.0313. The summed E-state index contributed by atoms with van der Waals surface area (Å²) in [5.74, 6) is -5.15. The molecule has 2 aromatic carbocycles. The van der Waals surface area contributed by atoms with Crippen molar-refractivity contribution >= 4 is 40.9 Å². The Balaban J connectivity index is 1.98. The van der Waals surface area contributed by atoms with Crippen molar-refractivity contribution in [2.24, 2.45) is 0 Å². The molecule has 2 aromatic rings. The van der Waals surface area contributed by atoms with Crippen LogP contribution in [0.1, 0.15) is 10.4 Å². The number of esters is 1. The van der Waals surface area contributed by atoms with Crippen molar-refractivity contribution < 1.29 is 27.5 Å². The lowest BCUT2D eigenvalue weighted by Crippen LogP contribution is -2.21. The highest BCUT2D eigenvalue weighted by Crippen LogP contribution is 2.28. The fourth-order valence-electron chi connectivity index (χ4n) is 1.82. The van der Waals surface area contributed by atoms with Gasteiger partial charge in [0.25, 0.3) is 11.7 Å². The first-order valence-electron chi connectivity index (χ1n) is 6.82. The van der Waals surface area contributed by atoms with Gasteiger partial charge in [-0.3, -0.25) is 4.79 Å². The van der Waals surface area contributed by atoms with Crippen LogP contribution in [0.15, 0.2) is 47.4 Å². The molecule has 0 heterocycles. The molecule has 0 saturated heterocycles. The molecule has 0 aliphatic carbocycles. The summed E-state index contributed by atoms with van der Waals surface area (Å²) in [6.45, 7) is -0.710. The maximum absolute atomic E-state index is 13.5. The monoisotopic (exact) mass is 389 g/mol. The normalized spacial score (nSPS) is 10.6. The minimum atomic E-state index is -2.71. The summed E-state index contributed by atoms with van der Waals surface area (Å²) >= 11 is 5.89. The molecular weight excluding hydrogens is 379 g/mol. The third-order valence-corrected chi connectivity index (χ3v) is 3.88. The summed E-state index contributed by atoms with van der Waals surface area (Å²) in [6, 6.07) is 9.21. The topological polar surface area (TPSA) is 55.4 Å². The minimum Gasteiger partial charge on any atom is -0.452 e. The molecule has 2 rings (SSSR count). The van der Waals surface area contributed by atoms with Gasteiger partial charge in [0.05, 0.1) is 11.3 Å². The molecule has 132 valence electrons. The summed E-state index contributed by atoms with van der Waals surface area (Å²) in [4.78, 5) is 23.8. The first-order chi connectivity index (χ1) is 11.9. The number of carbonyl (C=O) groups excluding carboxylic acids is 2. The van der Waals surface area contributed by atoms with Gasteiger partial charge in [0.15, 0.2) is 6.61 Å². The highest BCUT2D eigenvalue weighted by molar-refractivity contribution is 7.99. The van der Waals surface area contributed by atoms with Crippen molar-refractivity contribution in [2.45, 2.75) is 10.7 Å². The second-order valence-corrected chi connectivity index (χ2v) is 6.09. The molecule has 0 saturated carbocycles. The number of benzene rings is 2. The molecule has 0 aliphatic rings. The number of alkyl halides is 2. The number of rotatable bonds is 6. The Hall–Kier alpha value is -2.19. The Morgan fingerprint density at radius 2 is 1.92 bits per heavy atom. The largest absolute Gasteiger partial charge is 0.452 e. The van der Waals surface area contributed by atoms with Crippen molar-refractivity contribution in [3.63, 3.8) is 0 Å². The molecule has 0 unspecified atom stereocenters. The molecule has 4 nitrogen and oxygen atoms in total. The second-order valence-electron chi connectivity index (χ2n) is 4.62. The highest BCUT2D eigenvalue weighted by Gasteiger charge is 2.17. The van der Waals surface area contributed by atoms with E-state index >= 15 is 0 Å². The first-order valence-corrected chi connectivity index (χ1v) is 8.08. The Bertz CT molecular complexity index is 789. The molecule has 0 fully saturated rings. The number of anilines is 1. The van der Waals surface area contributed by atoms with Crippen LogP contribution in [0.4, 0.5) is 18.9 Å². The van der Waals surface area contributed by atoms with Crippen molar-refractivity contribution in [2.75, 3.05) is 11.9 Å². The zero-order chi connectivity index (χ0) is 18.4. The summed E-state index contributed by atoms with van der Waals surface area (Å²) < 4.78 is 43.3. The number of amides is 1. The van der Waals surface area contributed by atoms with Crippen LogP contribution in [0.3, 0.4) is 0 Å². The summed E-state index contributed by atoms with van der Waals surface area (Å²) in [5, 5.41) is 2.42. The summed E-state index contributed by atoms with van der Waals surface area (Å²) in [7, 11) is 0. The molecule has 0 aliphatic heterocycles. The van der Waals surface area contributed by atoms with E-state index in [0.29, 0.717) is 0 Å². The van der Waals surface area contributed by atoms with Crippen LogP contribution < -0.4 is 5.32 Å². The second kappa shape index (κ2) is 8.77. The van der Waals surface area contributed by atoms with E-state index in [-0.39, 0.29) is 32.9 Å². The van der Waals surface area contributed by atoms with Crippen LogP contribution >= 0.6 is 23.4 Å². The van der Waals surface area contributed by atoms with E-state index in [9.17, 15) is 22.8 Å². The van der Waals surface area contributed by atoms with Crippen molar-refractivity contribution in [1.82, 2.24) is 0 Å². The standard InChI is InChI=1S/C16H11ClF3NO3S/c17-9-5-6-11(18)12(7-9)21-14(22)8-24-15(23)10-3-1-2-4-13(10)25-16(19)20/h1-7,16H,8H2,(H,21,22). The molecule has 0 atom stereocenters. The Morgan fingerprint density at radius 1 is 1.20 bits per heavy atom. The van der Waals surface area contributed by atoms with E-state index in [1.807, 2.05) is 0 Å².